The van der Waals surface area contributed by atoms with Crippen LogP contribution in [-0.2, 0) is 14.9 Å². The van der Waals surface area contributed by atoms with Crippen LogP contribution in [0.3, 0.4) is 0 Å². The Balaban J connectivity index is 1.34. The van der Waals surface area contributed by atoms with Gasteiger partial charge in [0.1, 0.15) is 5.75 Å². The van der Waals surface area contributed by atoms with Gasteiger partial charge in [0.15, 0.2) is 0 Å². The average molecular weight is 344 g/mol. The van der Waals surface area contributed by atoms with Crippen molar-refractivity contribution >= 4 is 11.6 Å². The highest BCUT2D eigenvalue weighted by atomic mass is 16.5. The van der Waals surface area contributed by atoms with Gasteiger partial charge in [-0.3, -0.25) is 9.69 Å². The molecule has 25 heavy (non-hydrogen) atoms. The molecule has 1 spiro atoms. The minimum absolute atomic E-state index is 0.187. The van der Waals surface area contributed by atoms with Crippen molar-refractivity contribution < 1.29 is 14.3 Å². The first-order chi connectivity index (χ1) is 12.3. The molecule has 1 aromatic rings. The zero-order chi connectivity index (χ0) is 17.1. The molecular formula is C20H28N2O3. The maximum Gasteiger partial charge on any atom is 0.235 e. The monoisotopic (exact) mass is 344 g/mol. The van der Waals surface area contributed by atoms with E-state index in [4.69, 9.17) is 9.47 Å². The summed E-state index contributed by atoms with van der Waals surface area (Å²) in [6, 6.07) is 6.14. The Labute approximate surface area is 149 Å². The van der Waals surface area contributed by atoms with Gasteiger partial charge in [0.2, 0.25) is 5.91 Å². The number of nitrogens with one attached hydrogen (secondary N) is 1. The second kappa shape index (κ2) is 7.34. The topological polar surface area (TPSA) is 50.8 Å². The van der Waals surface area contributed by atoms with Crippen LogP contribution < -0.4 is 10.1 Å². The van der Waals surface area contributed by atoms with E-state index in [2.05, 4.69) is 16.3 Å². The molecule has 2 fully saturated rings. The molecule has 136 valence electrons. The molecular weight excluding hydrogens is 316 g/mol. The second-order valence-corrected chi connectivity index (χ2v) is 7.46. The summed E-state index contributed by atoms with van der Waals surface area (Å²) in [6.45, 7) is 5.48. The molecule has 1 saturated heterocycles. The summed E-state index contributed by atoms with van der Waals surface area (Å²) in [5.74, 6) is 1.04. The molecule has 5 nitrogen and oxygen atoms in total. The quantitative estimate of drug-likeness (QED) is 0.835. The Morgan fingerprint density at radius 3 is 2.76 bits per heavy atom. The van der Waals surface area contributed by atoms with E-state index < -0.39 is 0 Å². The van der Waals surface area contributed by atoms with Crippen LogP contribution in [0.25, 0.3) is 0 Å². The van der Waals surface area contributed by atoms with Crippen LogP contribution in [0, 0.1) is 0 Å². The fraction of sp³-hybridized carbons (Fsp3) is 0.650. The molecule has 0 radical (unpaired) electrons. The van der Waals surface area contributed by atoms with Crippen LogP contribution in [0.5, 0.6) is 5.75 Å². The van der Waals surface area contributed by atoms with E-state index in [9.17, 15) is 4.79 Å². The predicted molar refractivity (Wildman–Crippen MR) is 97.2 cm³/mol. The smallest absolute Gasteiger partial charge is 0.235 e. The third-order valence-corrected chi connectivity index (χ3v) is 5.89. The first-order valence-corrected chi connectivity index (χ1v) is 9.67. The van der Waals surface area contributed by atoms with Crippen LogP contribution in [0.2, 0.25) is 0 Å². The van der Waals surface area contributed by atoms with Crippen LogP contribution in [0.15, 0.2) is 18.2 Å². The Bertz CT molecular complexity index is 619. The third-order valence-electron chi connectivity index (χ3n) is 5.89. The highest BCUT2D eigenvalue weighted by Gasteiger charge is 2.47. The van der Waals surface area contributed by atoms with Gasteiger partial charge in [-0.1, -0.05) is 25.3 Å². The summed E-state index contributed by atoms with van der Waals surface area (Å²) < 4.78 is 11.3. The van der Waals surface area contributed by atoms with Gasteiger partial charge in [-0.2, -0.15) is 0 Å². The Hall–Kier alpha value is -1.59. The molecule has 3 aliphatic rings. The lowest BCUT2D eigenvalue weighted by Crippen LogP contribution is -2.37. The molecule has 1 N–H and O–H groups in total. The molecule has 1 saturated carbocycles. The van der Waals surface area contributed by atoms with Gasteiger partial charge in [0, 0.05) is 31.4 Å². The number of fused-ring (bicyclic) bond motifs is 2. The summed E-state index contributed by atoms with van der Waals surface area (Å²) >= 11 is 0. The molecule has 0 aromatic heterocycles. The van der Waals surface area contributed by atoms with Gasteiger partial charge in [-0.05, 0) is 30.9 Å². The summed E-state index contributed by atoms with van der Waals surface area (Å²) in [5.41, 5.74) is 1.86. The van der Waals surface area contributed by atoms with Crippen molar-refractivity contribution in [3.8, 4) is 5.75 Å². The first-order valence-electron chi connectivity index (χ1n) is 9.67. The van der Waals surface area contributed by atoms with Crippen molar-refractivity contribution in [3.63, 3.8) is 0 Å². The van der Waals surface area contributed by atoms with E-state index in [1.807, 2.05) is 12.1 Å². The largest absolute Gasteiger partial charge is 0.493 e. The lowest BCUT2D eigenvalue weighted by atomic mass is 9.70. The molecule has 0 atom stereocenters. The number of anilines is 1. The number of ether oxygens (including phenoxy) is 2. The van der Waals surface area contributed by atoms with Gasteiger partial charge in [-0.25, -0.2) is 0 Å². The van der Waals surface area contributed by atoms with Crippen molar-refractivity contribution in [1.82, 2.24) is 4.90 Å². The van der Waals surface area contributed by atoms with Gasteiger partial charge in [-0.15, -0.1) is 0 Å². The maximum absolute atomic E-state index is 12.6. The van der Waals surface area contributed by atoms with E-state index in [-0.39, 0.29) is 11.3 Å². The number of morpholine rings is 1. The van der Waals surface area contributed by atoms with E-state index >= 15 is 0 Å². The van der Waals surface area contributed by atoms with Crippen molar-refractivity contribution in [2.24, 2.45) is 0 Å². The van der Waals surface area contributed by atoms with Gasteiger partial charge in [0.05, 0.1) is 25.2 Å². The fourth-order valence-electron chi connectivity index (χ4n) is 4.45. The zero-order valence-electron chi connectivity index (χ0n) is 14.9. The predicted octanol–water partition coefficient (Wildman–Crippen LogP) is 2.94. The summed E-state index contributed by atoms with van der Waals surface area (Å²) in [7, 11) is 0. The van der Waals surface area contributed by atoms with Gasteiger partial charge in [0.25, 0.3) is 0 Å². The number of benzene rings is 1. The molecule has 0 bridgehead atoms. The average Bonchev–Trinajstić information content (AvgIpc) is 2.91. The standard InChI is InChI=1S/C20H28N2O3/c23-19-20(7-2-1-3-8-20)17-6-5-16(15-18(17)21-19)25-12-4-9-22-10-13-24-14-11-22/h5-6,15H,1-4,7-14H2,(H,21,23). The number of carbonyl (C=O) groups is 1. The Morgan fingerprint density at radius 2 is 1.96 bits per heavy atom. The normalized spacial score (nSPS) is 22.6. The molecule has 1 amide bonds. The van der Waals surface area contributed by atoms with Crippen LogP contribution in [0.1, 0.15) is 44.1 Å². The Kier molecular flexibility index (Phi) is 4.95. The van der Waals surface area contributed by atoms with Gasteiger partial charge < -0.3 is 14.8 Å². The minimum Gasteiger partial charge on any atom is -0.493 e. The number of nitrogens with zero attached hydrogens (tertiary/aromatic N) is 1. The number of hydrogen-bond donors (Lipinski definition) is 1. The van der Waals surface area contributed by atoms with E-state index in [1.54, 1.807) is 0 Å². The summed E-state index contributed by atoms with van der Waals surface area (Å²) in [4.78, 5) is 15.0. The molecule has 2 aliphatic heterocycles. The maximum atomic E-state index is 12.6. The second-order valence-electron chi connectivity index (χ2n) is 7.46. The van der Waals surface area contributed by atoms with Gasteiger partial charge >= 0.3 is 0 Å². The fourth-order valence-corrected chi connectivity index (χ4v) is 4.45. The summed E-state index contributed by atoms with van der Waals surface area (Å²) in [5, 5.41) is 3.10. The number of amides is 1. The molecule has 1 aliphatic carbocycles. The highest BCUT2D eigenvalue weighted by Crippen LogP contribution is 2.48. The molecule has 1 aromatic carbocycles. The van der Waals surface area contributed by atoms with E-state index in [1.165, 1.54) is 12.0 Å². The molecule has 4 rings (SSSR count). The molecule has 0 unspecified atom stereocenters. The van der Waals surface area contributed by atoms with Crippen LogP contribution >= 0.6 is 0 Å². The van der Waals surface area contributed by atoms with Crippen LogP contribution in [0.4, 0.5) is 5.69 Å². The van der Waals surface area contributed by atoms with E-state index in [0.717, 1.165) is 76.4 Å². The van der Waals surface area contributed by atoms with Crippen molar-refractivity contribution in [2.75, 3.05) is 44.8 Å². The Morgan fingerprint density at radius 1 is 1.16 bits per heavy atom. The summed E-state index contributed by atoms with van der Waals surface area (Å²) in [6.07, 6.45) is 6.50. The highest BCUT2D eigenvalue weighted by molar-refractivity contribution is 6.06. The minimum atomic E-state index is -0.275. The third kappa shape index (κ3) is 3.40. The van der Waals surface area contributed by atoms with Crippen molar-refractivity contribution in [3.05, 3.63) is 23.8 Å². The van der Waals surface area contributed by atoms with E-state index in [0.29, 0.717) is 6.61 Å². The first kappa shape index (κ1) is 16.9. The molecule has 5 heteroatoms. The lowest BCUT2D eigenvalue weighted by Gasteiger charge is -2.31. The van der Waals surface area contributed by atoms with Crippen LogP contribution in [-0.4, -0.2) is 50.3 Å². The van der Waals surface area contributed by atoms with Crippen molar-refractivity contribution in [2.45, 2.75) is 43.9 Å². The number of rotatable bonds is 5. The lowest BCUT2D eigenvalue weighted by molar-refractivity contribution is -0.121. The van der Waals surface area contributed by atoms with Crippen molar-refractivity contribution in [1.29, 1.82) is 0 Å². The zero-order valence-corrected chi connectivity index (χ0v) is 14.9. The number of hydrogen-bond acceptors (Lipinski definition) is 4. The molecule has 2 heterocycles. The number of carbonyl (C=O) groups excluding carboxylic acids is 1. The SMILES string of the molecule is O=C1Nc2cc(OCCCN3CCOCC3)ccc2C12CCCCC2.